The van der Waals surface area contributed by atoms with Gasteiger partial charge in [0.1, 0.15) is 0 Å². The quantitative estimate of drug-likeness (QED) is 0.694. The normalized spacial score (nSPS) is 15.2. The minimum atomic E-state index is 0.299. The summed E-state index contributed by atoms with van der Waals surface area (Å²) in [6.07, 6.45) is 0.957. The third-order valence-electron chi connectivity index (χ3n) is 4.72. The van der Waals surface area contributed by atoms with Crippen molar-refractivity contribution in [3.8, 4) is 11.5 Å². The molecule has 3 heteroatoms. The first kappa shape index (κ1) is 13.4. The first-order chi connectivity index (χ1) is 10.7. The summed E-state index contributed by atoms with van der Waals surface area (Å²) in [4.78, 5) is 2.23. The molecule has 0 atom stereocenters. The molecule has 0 fully saturated rings. The van der Waals surface area contributed by atoms with Gasteiger partial charge in [-0.3, -0.25) is 0 Å². The predicted octanol–water partition coefficient (Wildman–Crippen LogP) is 3.70. The van der Waals surface area contributed by atoms with E-state index >= 15 is 0 Å². The molecule has 0 spiro atoms. The molecule has 4 rings (SSSR count). The minimum absolute atomic E-state index is 0.299. The topological polar surface area (TPSA) is 32.7 Å². The first-order valence-corrected chi connectivity index (χ1v) is 7.61. The van der Waals surface area contributed by atoms with Crippen LogP contribution in [0, 0.1) is 0 Å². The molecule has 0 amide bonds. The molecule has 22 heavy (non-hydrogen) atoms. The highest BCUT2D eigenvalue weighted by Gasteiger charge is 2.24. The first-order valence-electron chi connectivity index (χ1n) is 7.61. The third kappa shape index (κ3) is 1.79. The summed E-state index contributed by atoms with van der Waals surface area (Å²) in [5, 5.41) is 15.3. The van der Waals surface area contributed by atoms with Crippen molar-refractivity contribution < 1.29 is 9.84 Å². The van der Waals surface area contributed by atoms with Crippen LogP contribution in [-0.4, -0.2) is 30.7 Å². The van der Waals surface area contributed by atoms with E-state index in [0.717, 1.165) is 35.8 Å². The average Bonchev–Trinajstić information content (AvgIpc) is 2.55. The molecule has 1 N–H and O–H groups in total. The molecule has 1 aliphatic rings. The number of fused-ring (bicyclic) bond motifs is 5. The van der Waals surface area contributed by atoms with Gasteiger partial charge in [0.05, 0.1) is 7.11 Å². The van der Waals surface area contributed by atoms with Gasteiger partial charge in [0.15, 0.2) is 11.5 Å². The van der Waals surface area contributed by atoms with Gasteiger partial charge in [0.2, 0.25) is 0 Å². The second-order valence-corrected chi connectivity index (χ2v) is 6.04. The molecule has 3 aromatic carbocycles. The van der Waals surface area contributed by atoms with Crippen LogP contribution in [0.4, 0.5) is 0 Å². The molecule has 0 saturated heterocycles. The van der Waals surface area contributed by atoms with E-state index in [2.05, 4.69) is 36.2 Å². The van der Waals surface area contributed by atoms with Crippen molar-refractivity contribution in [2.24, 2.45) is 0 Å². The van der Waals surface area contributed by atoms with E-state index in [1.807, 2.05) is 12.1 Å². The second-order valence-electron chi connectivity index (χ2n) is 6.04. The monoisotopic (exact) mass is 293 g/mol. The Kier molecular flexibility index (Phi) is 2.98. The van der Waals surface area contributed by atoms with Gasteiger partial charge in [-0.05, 0) is 35.2 Å². The van der Waals surface area contributed by atoms with Crippen molar-refractivity contribution in [3.63, 3.8) is 0 Å². The Morgan fingerprint density at radius 1 is 1.05 bits per heavy atom. The van der Waals surface area contributed by atoms with Gasteiger partial charge in [-0.25, -0.2) is 0 Å². The number of benzene rings is 3. The SMILES string of the molecule is COc1c(O)c2c(c3ccc4ccccc4c13)CCN(C)C2. The fourth-order valence-corrected chi connectivity index (χ4v) is 3.63. The molecule has 0 aliphatic carbocycles. The molecule has 0 bridgehead atoms. The predicted molar refractivity (Wildman–Crippen MR) is 89.7 cm³/mol. The van der Waals surface area contributed by atoms with Crippen molar-refractivity contribution in [2.75, 3.05) is 20.7 Å². The fraction of sp³-hybridized carbons (Fsp3) is 0.263. The zero-order chi connectivity index (χ0) is 15.3. The number of phenolic OH excluding ortho intramolecular Hbond substituents is 1. The zero-order valence-electron chi connectivity index (χ0n) is 12.9. The zero-order valence-corrected chi connectivity index (χ0v) is 12.9. The van der Waals surface area contributed by atoms with Crippen LogP contribution >= 0.6 is 0 Å². The number of hydrogen-bond donors (Lipinski definition) is 1. The Bertz CT molecular complexity index is 886. The summed E-state index contributed by atoms with van der Waals surface area (Å²) >= 11 is 0. The molecule has 0 radical (unpaired) electrons. The van der Waals surface area contributed by atoms with Crippen LogP contribution in [0.5, 0.6) is 11.5 Å². The number of methoxy groups -OCH3 is 1. The van der Waals surface area contributed by atoms with Crippen LogP contribution in [0.3, 0.4) is 0 Å². The third-order valence-corrected chi connectivity index (χ3v) is 4.72. The van der Waals surface area contributed by atoms with Crippen molar-refractivity contribution in [1.82, 2.24) is 4.90 Å². The lowest BCUT2D eigenvalue weighted by atomic mass is 9.89. The van der Waals surface area contributed by atoms with E-state index in [1.54, 1.807) is 7.11 Å². The summed E-state index contributed by atoms with van der Waals surface area (Å²) in [6.45, 7) is 1.78. The minimum Gasteiger partial charge on any atom is -0.504 e. The summed E-state index contributed by atoms with van der Waals surface area (Å²) < 4.78 is 5.60. The Hall–Kier alpha value is -2.26. The standard InChI is InChI=1S/C19H19NO2/c1-20-10-9-14-15-8-7-12-5-3-4-6-13(12)17(15)19(22-2)18(21)16(14)11-20/h3-8,21H,9-11H2,1-2H3. The van der Waals surface area contributed by atoms with Gasteiger partial charge < -0.3 is 14.7 Å². The Morgan fingerprint density at radius 2 is 1.86 bits per heavy atom. The van der Waals surface area contributed by atoms with E-state index in [0.29, 0.717) is 11.5 Å². The van der Waals surface area contributed by atoms with Crippen molar-refractivity contribution in [2.45, 2.75) is 13.0 Å². The average molecular weight is 293 g/mol. The lowest BCUT2D eigenvalue weighted by Crippen LogP contribution is -2.26. The van der Waals surface area contributed by atoms with Gasteiger partial charge in [-0.2, -0.15) is 0 Å². The van der Waals surface area contributed by atoms with Crippen molar-refractivity contribution in [1.29, 1.82) is 0 Å². The molecule has 0 aromatic heterocycles. The molecule has 1 heterocycles. The summed E-state index contributed by atoms with van der Waals surface area (Å²) in [7, 11) is 3.72. The number of likely N-dealkylation sites (N-methyl/N-ethyl adjacent to an activating group) is 1. The van der Waals surface area contributed by atoms with Crippen LogP contribution in [0.2, 0.25) is 0 Å². The number of ether oxygens (including phenoxy) is 1. The van der Waals surface area contributed by atoms with E-state index in [1.165, 1.54) is 16.3 Å². The Balaban J connectivity index is 2.20. The van der Waals surface area contributed by atoms with E-state index < -0.39 is 0 Å². The van der Waals surface area contributed by atoms with Crippen molar-refractivity contribution >= 4 is 21.5 Å². The van der Waals surface area contributed by atoms with Crippen LogP contribution in [-0.2, 0) is 13.0 Å². The Morgan fingerprint density at radius 3 is 2.68 bits per heavy atom. The van der Waals surface area contributed by atoms with Crippen LogP contribution < -0.4 is 4.74 Å². The number of phenols is 1. The number of aromatic hydroxyl groups is 1. The van der Waals surface area contributed by atoms with E-state index in [4.69, 9.17) is 4.74 Å². The highest BCUT2D eigenvalue weighted by molar-refractivity contribution is 6.13. The summed E-state index contributed by atoms with van der Waals surface area (Å²) in [6, 6.07) is 12.6. The largest absolute Gasteiger partial charge is 0.504 e. The lowest BCUT2D eigenvalue weighted by Gasteiger charge is -2.28. The number of nitrogens with zero attached hydrogens (tertiary/aromatic N) is 1. The lowest BCUT2D eigenvalue weighted by molar-refractivity contribution is 0.301. The highest BCUT2D eigenvalue weighted by atomic mass is 16.5. The second kappa shape index (κ2) is 4.89. The van der Waals surface area contributed by atoms with Crippen LogP contribution in [0.15, 0.2) is 36.4 Å². The van der Waals surface area contributed by atoms with Gasteiger partial charge in [-0.15, -0.1) is 0 Å². The molecular weight excluding hydrogens is 274 g/mol. The smallest absolute Gasteiger partial charge is 0.169 e. The molecule has 3 aromatic rings. The summed E-state index contributed by atoms with van der Waals surface area (Å²) in [5.74, 6) is 0.897. The van der Waals surface area contributed by atoms with Crippen LogP contribution in [0.25, 0.3) is 21.5 Å². The fourth-order valence-electron chi connectivity index (χ4n) is 3.63. The van der Waals surface area contributed by atoms with Crippen LogP contribution in [0.1, 0.15) is 11.1 Å². The van der Waals surface area contributed by atoms with E-state index in [9.17, 15) is 5.11 Å². The molecule has 0 unspecified atom stereocenters. The summed E-state index contributed by atoms with van der Waals surface area (Å²) in [5.41, 5.74) is 2.27. The maximum absolute atomic E-state index is 10.8. The number of rotatable bonds is 1. The van der Waals surface area contributed by atoms with Gasteiger partial charge in [0, 0.05) is 24.0 Å². The Labute approximate surface area is 129 Å². The molecule has 1 aliphatic heterocycles. The molecule has 112 valence electrons. The maximum atomic E-state index is 10.8. The highest BCUT2D eigenvalue weighted by Crippen LogP contribution is 2.45. The van der Waals surface area contributed by atoms with E-state index in [-0.39, 0.29) is 0 Å². The van der Waals surface area contributed by atoms with Gasteiger partial charge in [0.25, 0.3) is 0 Å². The molecule has 0 saturated carbocycles. The van der Waals surface area contributed by atoms with Gasteiger partial charge in [-0.1, -0.05) is 36.4 Å². The molecular formula is C19H19NO2. The molecule has 3 nitrogen and oxygen atoms in total. The van der Waals surface area contributed by atoms with Crippen molar-refractivity contribution in [3.05, 3.63) is 47.5 Å². The maximum Gasteiger partial charge on any atom is 0.169 e. The number of hydrogen-bond acceptors (Lipinski definition) is 3. The van der Waals surface area contributed by atoms with Gasteiger partial charge >= 0.3 is 0 Å².